The van der Waals surface area contributed by atoms with Crippen molar-refractivity contribution in [1.82, 2.24) is 4.90 Å². The molecule has 0 unspecified atom stereocenters. The minimum atomic E-state index is -3.95. The van der Waals surface area contributed by atoms with Crippen LogP contribution in [-0.4, -0.2) is 45.8 Å². The van der Waals surface area contributed by atoms with Crippen LogP contribution in [0.2, 0.25) is 0 Å². The van der Waals surface area contributed by atoms with E-state index in [2.05, 4.69) is 5.32 Å². The Morgan fingerprint density at radius 2 is 1.89 bits per heavy atom. The third-order valence-electron chi connectivity index (χ3n) is 3.82. The number of benzene rings is 2. The first kappa shape index (κ1) is 20.4. The molecule has 0 atom stereocenters. The highest BCUT2D eigenvalue weighted by atomic mass is 32.2. The molecule has 0 aliphatic rings. The maximum Gasteiger partial charge on any atom is 0.254 e. The number of hydrogen-bond donors (Lipinski definition) is 2. The van der Waals surface area contributed by atoms with Gasteiger partial charge in [0.15, 0.2) is 0 Å². The van der Waals surface area contributed by atoms with Crippen LogP contribution >= 0.6 is 0 Å². The monoisotopic (exact) mass is 391 g/mol. The molecule has 0 radical (unpaired) electrons. The van der Waals surface area contributed by atoms with Crippen molar-refractivity contribution in [2.24, 2.45) is 5.14 Å². The first-order valence-electron chi connectivity index (χ1n) is 7.94. The Morgan fingerprint density at radius 1 is 1.19 bits per heavy atom. The Balaban J connectivity index is 2.10. The van der Waals surface area contributed by atoms with E-state index in [1.54, 1.807) is 31.2 Å². The third kappa shape index (κ3) is 5.28. The summed E-state index contributed by atoms with van der Waals surface area (Å²) < 4.78 is 28.3. The average Bonchev–Trinajstić information content (AvgIpc) is 2.60. The van der Waals surface area contributed by atoms with Gasteiger partial charge in [0.25, 0.3) is 5.91 Å². The molecule has 2 aromatic rings. The molecule has 2 rings (SSSR count). The van der Waals surface area contributed by atoms with Crippen molar-refractivity contribution in [1.29, 1.82) is 0 Å². The van der Waals surface area contributed by atoms with E-state index in [1.165, 1.54) is 37.3 Å². The summed E-state index contributed by atoms with van der Waals surface area (Å²) in [6.07, 6.45) is 0. The Hall–Kier alpha value is -2.91. The molecule has 0 aromatic heterocycles. The topological polar surface area (TPSA) is 119 Å². The number of nitrogens with two attached hydrogens (primary N) is 1. The van der Waals surface area contributed by atoms with Gasteiger partial charge < -0.3 is 15.0 Å². The fourth-order valence-electron chi connectivity index (χ4n) is 2.45. The number of amides is 2. The van der Waals surface area contributed by atoms with Crippen molar-refractivity contribution in [3.05, 3.63) is 53.6 Å². The largest absolute Gasteiger partial charge is 0.497 e. The number of hydrogen-bond acceptors (Lipinski definition) is 5. The quantitative estimate of drug-likeness (QED) is 0.771. The number of anilines is 1. The van der Waals surface area contributed by atoms with E-state index in [0.29, 0.717) is 17.0 Å². The fraction of sp³-hybridized carbons (Fsp3) is 0.222. The normalized spacial score (nSPS) is 11.0. The molecule has 144 valence electrons. The number of primary sulfonamides is 1. The van der Waals surface area contributed by atoms with Crippen LogP contribution in [0.5, 0.6) is 5.75 Å². The van der Waals surface area contributed by atoms with Crippen molar-refractivity contribution in [2.75, 3.05) is 26.0 Å². The van der Waals surface area contributed by atoms with Crippen LogP contribution in [0.1, 0.15) is 15.9 Å². The van der Waals surface area contributed by atoms with Crippen LogP contribution in [0.3, 0.4) is 0 Å². The summed E-state index contributed by atoms with van der Waals surface area (Å²) >= 11 is 0. The predicted octanol–water partition coefficient (Wildman–Crippen LogP) is 1.36. The molecule has 0 saturated heterocycles. The number of rotatable bonds is 6. The zero-order valence-electron chi connectivity index (χ0n) is 15.2. The molecule has 0 bridgehead atoms. The van der Waals surface area contributed by atoms with Gasteiger partial charge in [-0.3, -0.25) is 9.59 Å². The highest BCUT2D eigenvalue weighted by Gasteiger charge is 2.19. The van der Waals surface area contributed by atoms with Crippen molar-refractivity contribution in [2.45, 2.75) is 11.8 Å². The maximum absolute atomic E-state index is 12.5. The van der Waals surface area contributed by atoms with Gasteiger partial charge >= 0.3 is 0 Å². The molecule has 3 N–H and O–H groups in total. The Kier molecular flexibility index (Phi) is 6.19. The number of nitrogens with one attached hydrogen (secondary N) is 1. The van der Waals surface area contributed by atoms with Gasteiger partial charge in [-0.15, -0.1) is 0 Å². The van der Waals surface area contributed by atoms with E-state index in [4.69, 9.17) is 9.88 Å². The molecule has 9 heteroatoms. The summed E-state index contributed by atoms with van der Waals surface area (Å²) in [6.45, 7) is 1.37. The third-order valence-corrected chi connectivity index (χ3v) is 4.88. The van der Waals surface area contributed by atoms with Crippen molar-refractivity contribution in [3.63, 3.8) is 0 Å². The molecule has 0 aliphatic carbocycles. The van der Waals surface area contributed by atoms with E-state index in [1.807, 2.05) is 0 Å². The summed E-state index contributed by atoms with van der Waals surface area (Å²) in [6, 6.07) is 11.0. The number of carbonyl (C=O) groups is 2. The Morgan fingerprint density at radius 3 is 2.52 bits per heavy atom. The molecule has 27 heavy (non-hydrogen) atoms. The average molecular weight is 391 g/mol. The second-order valence-corrected chi connectivity index (χ2v) is 7.50. The molecule has 2 aromatic carbocycles. The number of likely N-dealkylation sites (N-methyl/N-ethyl adjacent to an activating group) is 1. The lowest BCUT2D eigenvalue weighted by Gasteiger charge is -2.18. The van der Waals surface area contributed by atoms with Gasteiger partial charge in [-0.2, -0.15) is 0 Å². The Bertz CT molecular complexity index is 973. The molecule has 0 spiro atoms. The molecule has 0 saturated carbocycles. The molecule has 0 fully saturated rings. The van der Waals surface area contributed by atoms with Gasteiger partial charge in [-0.1, -0.05) is 12.1 Å². The van der Waals surface area contributed by atoms with Crippen LogP contribution in [0.4, 0.5) is 5.69 Å². The summed E-state index contributed by atoms with van der Waals surface area (Å²) in [5.74, 6) is -0.314. The van der Waals surface area contributed by atoms with Crippen LogP contribution in [-0.2, 0) is 14.8 Å². The summed E-state index contributed by atoms with van der Waals surface area (Å²) in [7, 11) is -0.980. The van der Waals surface area contributed by atoms with Crippen molar-refractivity contribution >= 4 is 27.5 Å². The SMILES string of the molecule is COc1cccc(NC(=O)CN(C)C(=O)c2ccc(C)c(S(N)(=O)=O)c2)c1. The highest BCUT2D eigenvalue weighted by Crippen LogP contribution is 2.18. The molecule has 0 aliphatic heterocycles. The number of carbonyl (C=O) groups excluding carboxylic acids is 2. The zero-order valence-corrected chi connectivity index (χ0v) is 16.0. The van der Waals surface area contributed by atoms with E-state index < -0.39 is 21.8 Å². The van der Waals surface area contributed by atoms with Crippen molar-refractivity contribution < 1.29 is 22.7 Å². The van der Waals surface area contributed by atoms with Crippen LogP contribution in [0, 0.1) is 6.92 Å². The van der Waals surface area contributed by atoms with E-state index in [0.717, 1.165) is 0 Å². The number of ether oxygens (including phenoxy) is 1. The highest BCUT2D eigenvalue weighted by molar-refractivity contribution is 7.89. The number of methoxy groups -OCH3 is 1. The number of sulfonamides is 1. The van der Waals surface area contributed by atoms with Gasteiger partial charge in [0.1, 0.15) is 5.75 Å². The lowest BCUT2D eigenvalue weighted by atomic mass is 10.1. The number of nitrogens with zero attached hydrogens (tertiary/aromatic N) is 1. The molecular weight excluding hydrogens is 370 g/mol. The molecular formula is C18H21N3O5S. The molecule has 2 amide bonds. The van der Waals surface area contributed by atoms with Gasteiger partial charge in [-0.25, -0.2) is 13.6 Å². The minimum absolute atomic E-state index is 0.123. The summed E-state index contributed by atoms with van der Waals surface area (Å²) in [4.78, 5) is 25.8. The van der Waals surface area contributed by atoms with Crippen molar-refractivity contribution in [3.8, 4) is 5.75 Å². The fourth-order valence-corrected chi connectivity index (χ4v) is 3.26. The smallest absolute Gasteiger partial charge is 0.254 e. The maximum atomic E-state index is 12.5. The second kappa shape index (κ2) is 8.19. The minimum Gasteiger partial charge on any atom is -0.497 e. The molecule has 8 nitrogen and oxygen atoms in total. The second-order valence-electron chi connectivity index (χ2n) is 5.97. The van der Waals surface area contributed by atoms with Gasteiger partial charge in [0.05, 0.1) is 18.6 Å². The summed E-state index contributed by atoms with van der Waals surface area (Å²) in [5, 5.41) is 7.84. The van der Waals surface area contributed by atoms with Crippen LogP contribution in [0.25, 0.3) is 0 Å². The van der Waals surface area contributed by atoms with Crippen LogP contribution in [0.15, 0.2) is 47.4 Å². The predicted molar refractivity (Wildman–Crippen MR) is 101 cm³/mol. The lowest BCUT2D eigenvalue weighted by Crippen LogP contribution is -2.35. The van der Waals surface area contributed by atoms with E-state index in [9.17, 15) is 18.0 Å². The molecule has 0 heterocycles. The first-order valence-corrected chi connectivity index (χ1v) is 9.49. The van der Waals surface area contributed by atoms with E-state index in [-0.39, 0.29) is 17.0 Å². The lowest BCUT2D eigenvalue weighted by molar-refractivity contribution is -0.116. The van der Waals surface area contributed by atoms with Crippen LogP contribution < -0.4 is 15.2 Å². The Labute approximate surface area is 158 Å². The number of aryl methyl sites for hydroxylation is 1. The van der Waals surface area contributed by atoms with Gasteiger partial charge in [0.2, 0.25) is 15.9 Å². The van der Waals surface area contributed by atoms with Gasteiger partial charge in [0, 0.05) is 24.4 Å². The van der Waals surface area contributed by atoms with E-state index >= 15 is 0 Å². The summed E-state index contributed by atoms with van der Waals surface area (Å²) in [5.41, 5.74) is 1.10. The standard InChI is InChI=1S/C18H21N3O5S/c1-12-7-8-13(9-16(12)27(19,24)25)18(23)21(2)11-17(22)20-14-5-4-6-15(10-14)26-3/h4-10H,11H2,1-3H3,(H,20,22)(H2,19,24,25). The first-order chi connectivity index (χ1) is 12.6. The van der Waals surface area contributed by atoms with Gasteiger partial charge in [-0.05, 0) is 36.8 Å². The zero-order chi connectivity index (χ0) is 20.2.